The third-order valence-corrected chi connectivity index (χ3v) is 5.43. The Morgan fingerprint density at radius 1 is 0.567 bits per heavy atom. The van der Waals surface area contributed by atoms with Gasteiger partial charge in [-0.3, -0.25) is 0 Å². The first kappa shape index (κ1) is 18.0. The lowest BCUT2D eigenvalue weighted by molar-refractivity contribution is 1.36. The van der Waals surface area contributed by atoms with Crippen molar-refractivity contribution in [2.45, 2.75) is 0 Å². The molecule has 0 radical (unpaired) electrons. The maximum Gasteiger partial charge on any atom is 0.0711 e. The van der Waals surface area contributed by atoms with Gasteiger partial charge in [-0.05, 0) is 22.8 Å². The van der Waals surface area contributed by atoms with Crippen molar-refractivity contribution in [3.8, 4) is 11.1 Å². The van der Waals surface area contributed by atoms with Gasteiger partial charge in [0.2, 0.25) is 0 Å². The number of rotatable bonds is 4. The second-order valence-electron chi connectivity index (χ2n) is 7.31. The molecule has 3 N–H and O–H groups in total. The quantitative estimate of drug-likeness (QED) is 0.354. The molecule has 0 aliphatic carbocycles. The van der Waals surface area contributed by atoms with Crippen LogP contribution in [0.15, 0.2) is 115 Å². The lowest BCUT2D eigenvalue weighted by atomic mass is 9.92. The van der Waals surface area contributed by atoms with E-state index in [1.807, 2.05) is 24.3 Å². The first-order valence-corrected chi connectivity index (χ1v) is 10.1. The van der Waals surface area contributed by atoms with Crippen molar-refractivity contribution in [1.29, 1.82) is 0 Å². The predicted octanol–water partition coefficient (Wildman–Crippen LogP) is 6.71. The van der Waals surface area contributed by atoms with E-state index in [2.05, 4.69) is 96.0 Å². The van der Waals surface area contributed by atoms with E-state index in [9.17, 15) is 0 Å². The van der Waals surface area contributed by atoms with Gasteiger partial charge in [-0.25, -0.2) is 0 Å². The van der Waals surface area contributed by atoms with Crippen LogP contribution in [0.4, 0.5) is 0 Å². The van der Waals surface area contributed by atoms with Crippen LogP contribution in [0, 0.1) is 0 Å². The molecular weight excluding hydrogens is 364 g/mol. The number of fused-ring (bicyclic) bond motifs is 1. The van der Waals surface area contributed by atoms with E-state index in [4.69, 9.17) is 5.73 Å². The maximum atomic E-state index is 6.95. The summed E-state index contributed by atoms with van der Waals surface area (Å²) in [6, 6.07) is 39.5. The van der Waals surface area contributed by atoms with Crippen molar-refractivity contribution < 1.29 is 0 Å². The first-order valence-electron chi connectivity index (χ1n) is 10.1. The fraction of sp³-hybridized carbons (Fsp3) is 0. The Morgan fingerprint density at radius 2 is 1.07 bits per heavy atom. The lowest BCUT2D eigenvalue weighted by Crippen LogP contribution is -2.04. The molecule has 30 heavy (non-hydrogen) atoms. The second kappa shape index (κ2) is 7.76. The van der Waals surface area contributed by atoms with Crippen LogP contribution in [-0.4, -0.2) is 4.98 Å². The van der Waals surface area contributed by atoms with Gasteiger partial charge in [-0.2, -0.15) is 0 Å². The van der Waals surface area contributed by atoms with Gasteiger partial charge in [0.05, 0.1) is 11.4 Å². The van der Waals surface area contributed by atoms with Gasteiger partial charge in [0.1, 0.15) is 0 Å². The van der Waals surface area contributed by atoms with Gasteiger partial charge in [0.15, 0.2) is 0 Å². The summed E-state index contributed by atoms with van der Waals surface area (Å²) in [5.41, 5.74) is 15.2. The van der Waals surface area contributed by atoms with Crippen LogP contribution in [0.25, 0.3) is 33.3 Å². The van der Waals surface area contributed by atoms with Gasteiger partial charge < -0.3 is 10.7 Å². The molecule has 2 heteroatoms. The van der Waals surface area contributed by atoms with Crippen LogP contribution in [-0.2, 0) is 0 Å². The Hall–Kier alpha value is -4.04. The van der Waals surface area contributed by atoms with Crippen molar-refractivity contribution in [3.05, 3.63) is 132 Å². The fourth-order valence-corrected chi connectivity index (χ4v) is 4.06. The van der Waals surface area contributed by atoms with Crippen LogP contribution >= 0.6 is 0 Å². The van der Waals surface area contributed by atoms with E-state index in [-0.39, 0.29) is 0 Å². The van der Waals surface area contributed by atoms with Crippen LogP contribution in [0.2, 0.25) is 0 Å². The van der Waals surface area contributed by atoms with E-state index >= 15 is 0 Å². The number of hydrogen-bond donors (Lipinski definition) is 2. The summed E-state index contributed by atoms with van der Waals surface area (Å²) in [6.45, 7) is 0. The molecule has 0 bridgehead atoms. The molecule has 0 atom stereocenters. The zero-order chi connectivity index (χ0) is 20.3. The number of nitrogens with one attached hydrogen (secondary N) is 1. The highest BCUT2D eigenvalue weighted by atomic mass is 14.8. The molecule has 1 aromatic heterocycles. The Kier molecular flexibility index (Phi) is 4.66. The minimum absolute atomic E-state index is 0.738. The number of hydrogen-bond acceptors (Lipinski definition) is 1. The van der Waals surface area contributed by atoms with Crippen LogP contribution < -0.4 is 5.73 Å². The van der Waals surface area contributed by atoms with Crippen LogP contribution in [0.1, 0.15) is 16.8 Å². The van der Waals surface area contributed by atoms with Crippen LogP contribution in [0.5, 0.6) is 0 Å². The molecule has 0 saturated heterocycles. The number of aromatic amines is 1. The average molecular weight is 386 g/mol. The standard InChI is InChI=1S/C28H22N2/c29-27(25(20-12-4-1-5-13-20)21-14-6-2-7-15-21)28-26(22-16-8-3-9-17-22)23-18-10-11-19-24(23)30-28/h1-19,30H,29H2. The number of aromatic nitrogens is 1. The summed E-state index contributed by atoms with van der Waals surface area (Å²) in [5.74, 6) is 0. The summed E-state index contributed by atoms with van der Waals surface area (Å²) in [4.78, 5) is 3.60. The normalized spacial score (nSPS) is 10.8. The van der Waals surface area contributed by atoms with Crippen molar-refractivity contribution in [2.75, 3.05) is 0 Å². The zero-order valence-corrected chi connectivity index (χ0v) is 16.5. The molecular formula is C28H22N2. The first-order chi connectivity index (χ1) is 14.8. The minimum atomic E-state index is 0.738. The topological polar surface area (TPSA) is 41.8 Å². The highest BCUT2D eigenvalue weighted by Crippen LogP contribution is 2.38. The Morgan fingerprint density at radius 3 is 1.67 bits per heavy atom. The number of H-pyrrole nitrogens is 1. The van der Waals surface area contributed by atoms with E-state index in [0.717, 1.165) is 44.7 Å². The molecule has 0 saturated carbocycles. The molecule has 0 amide bonds. The van der Waals surface area contributed by atoms with E-state index < -0.39 is 0 Å². The zero-order valence-electron chi connectivity index (χ0n) is 16.5. The van der Waals surface area contributed by atoms with Crippen molar-refractivity contribution in [2.24, 2.45) is 5.73 Å². The SMILES string of the molecule is NC(=C(c1ccccc1)c1ccccc1)c1[nH]c2ccccc2c1-c1ccccc1. The number of para-hydroxylation sites is 1. The summed E-state index contributed by atoms with van der Waals surface area (Å²) >= 11 is 0. The summed E-state index contributed by atoms with van der Waals surface area (Å²) in [7, 11) is 0. The minimum Gasteiger partial charge on any atom is -0.397 e. The molecule has 5 aromatic rings. The van der Waals surface area contributed by atoms with Crippen LogP contribution in [0.3, 0.4) is 0 Å². The largest absolute Gasteiger partial charge is 0.397 e. The lowest BCUT2D eigenvalue weighted by Gasteiger charge is -2.14. The summed E-state index contributed by atoms with van der Waals surface area (Å²) in [5, 5.41) is 1.17. The van der Waals surface area contributed by atoms with Gasteiger partial charge in [-0.15, -0.1) is 0 Å². The third kappa shape index (κ3) is 3.19. The summed E-state index contributed by atoms with van der Waals surface area (Å²) in [6.07, 6.45) is 0. The van der Waals surface area contributed by atoms with Gasteiger partial charge in [0, 0.05) is 22.0 Å². The highest BCUT2D eigenvalue weighted by Gasteiger charge is 2.19. The average Bonchev–Trinajstić information content (AvgIpc) is 3.21. The van der Waals surface area contributed by atoms with Crippen molar-refractivity contribution in [3.63, 3.8) is 0 Å². The fourth-order valence-electron chi connectivity index (χ4n) is 4.06. The van der Waals surface area contributed by atoms with Crippen molar-refractivity contribution >= 4 is 22.2 Å². The van der Waals surface area contributed by atoms with E-state index in [1.165, 1.54) is 5.39 Å². The monoisotopic (exact) mass is 386 g/mol. The Bertz CT molecular complexity index is 1270. The number of benzene rings is 4. The van der Waals surface area contributed by atoms with E-state index in [0.29, 0.717) is 0 Å². The predicted molar refractivity (Wildman–Crippen MR) is 127 cm³/mol. The van der Waals surface area contributed by atoms with Crippen molar-refractivity contribution in [1.82, 2.24) is 4.98 Å². The Balaban J connectivity index is 1.85. The molecule has 2 nitrogen and oxygen atoms in total. The molecule has 0 unspecified atom stereocenters. The van der Waals surface area contributed by atoms with Gasteiger partial charge in [-0.1, -0.05) is 109 Å². The molecule has 4 aromatic carbocycles. The Labute approximate surface area is 176 Å². The molecule has 144 valence electrons. The summed E-state index contributed by atoms with van der Waals surface area (Å²) < 4.78 is 0. The van der Waals surface area contributed by atoms with E-state index in [1.54, 1.807) is 0 Å². The molecule has 0 aliphatic rings. The smallest absolute Gasteiger partial charge is 0.0711 e. The molecule has 0 aliphatic heterocycles. The third-order valence-electron chi connectivity index (χ3n) is 5.43. The maximum absolute atomic E-state index is 6.95. The highest BCUT2D eigenvalue weighted by molar-refractivity contribution is 6.07. The van der Waals surface area contributed by atoms with Gasteiger partial charge >= 0.3 is 0 Å². The van der Waals surface area contributed by atoms with Gasteiger partial charge in [0.25, 0.3) is 0 Å². The molecule has 0 spiro atoms. The number of nitrogens with two attached hydrogens (primary N) is 1. The second-order valence-corrected chi connectivity index (χ2v) is 7.31. The molecule has 1 heterocycles. The molecule has 5 rings (SSSR count). The molecule has 0 fully saturated rings.